The van der Waals surface area contributed by atoms with Crippen LogP contribution >= 0.6 is 11.8 Å². The normalized spacial score (nSPS) is 15.8. The van der Waals surface area contributed by atoms with Crippen molar-refractivity contribution in [1.29, 1.82) is 0 Å². The quantitative estimate of drug-likeness (QED) is 0.579. The highest BCUT2D eigenvalue weighted by Gasteiger charge is 2.22. The van der Waals surface area contributed by atoms with Crippen molar-refractivity contribution in [2.75, 3.05) is 18.6 Å². The summed E-state index contributed by atoms with van der Waals surface area (Å²) in [6.07, 6.45) is 0.00732. The Hall–Kier alpha value is -1.12. The lowest BCUT2D eigenvalue weighted by molar-refractivity contribution is 0.0454. The Morgan fingerprint density at radius 1 is 1.41 bits per heavy atom. The summed E-state index contributed by atoms with van der Waals surface area (Å²) in [5.74, 6) is 5.61. The smallest absolute Gasteiger partial charge is 0.322 e. The van der Waals surface area contributed by atoms with Crippen LogP contribution in [-0.4, -0.2) is 39.5 Å². The fourth-order valence-electron chi connectivity index (χ4n) is 1.15. The SMILES string of the molecule is CC(C)Oc1nc(NN)nc(SC2COC2)n1. The summed E-state index contributed by atoms with van der Waals surface area (Å²) in [6, 6.07) is 0.283. The number of nitrogen functional groups attached to an aromatic ring is 1. The maximum absolute atomic E-state index is 5.43. The molecule has 0 atom stereocenters. The minimum Gasteiger partial charge on any atom is -0.461 e. The minimum atomic E-state index is 0.00732. The van der Waals surface area contributed by atoms with Crippen LogP contribution in [0, 0.1) is 0 Å². The third-order valence-corrected chi connectivity index (χ3v) is 2.94. The van der Waals surface area contributed by atoms with Gasteiger partial charge in [0.15, 0.2) is 5.16 Å². The van der Waals surface area contributed by atoms with Crippen LogP contribution in [0.2, 0.25) is 0 Å². The fourth-order valence-corrected chi connectivity index (χ4v) is 2.05. The lowest BCUT2D eigenvalue weighted by Crippen LogP contribution is -2.30. The van der Waals surface area contributed by atoms with Gasteiger partial charge in [-0.3, -0.25) is 5.43 Å². The monoisotopic (exact) mass is 257 g/mol. The van der Waals surface area contributed by atoms with Crippen LogP contribution < -0.4 is 16.0 Å². The average Bonchev–Trinajstić information content (AvgIpc) is 2.22. The van der Waals surface area contributed by atoms with Crippen molar-refractivity contribution >= 4 is 17.7 Å². The summed E-state index contributed by atoms with van der Waals surface area (Å²) in [5.41, 5.74) is 2.40. The first-order chi connectivity index (χ1) is 8.17. The van der Waals surface area contributed by atoms with E-state index < -0.39 is 0 Å². The van der Waals surface area contributed by atoms with Crippen molar-refractivity contribution in [1.82, 2.24) is 15.0 Å². The number of anilines is 1. The number of nitrogens with one attached hydrogen (secondary N) is 1. The summed E-state index contributed by atoms with van der Waals surface area (Å²) in [6.45, 7) is 5.27. The molecule has 1 aliphatic rings. The molecule has 1 aromatic rings. The van der Waals surface area contributed by atoms with E-state index in [1.807, 2.05) is 13.8 Å². The van der Waals surface area contributed by atoms with Crippen molar-refractivity contribution in [2.24, 2.45) is 5.84 Å². The first kappa shape index (κ1) is 12.3. The number of nitrogens with zero attached hydrogens (tertiary/aromatic N) is 3. The third-order valence-electron chi connectivity index (χ3n) is 1.94. The number of rotatable bonds is 5. The molecule has 1 saturated heterocycles. The van der Waals surface area contributed by atoms with Crippen LogP contribution in [0.3, 0.4) is 0 Å². The largest absolute Gasteiger partial charge is 0.461 e. The van der Waals surface area contributed by atoms with Gasteiger partial charge in [0.25, 0.3) is 0 Å². The van der Waals surface area contributed by atoms with E-state index in [0.717, 1.165) is 13.2 Å². The predicted octanol–water partition coefficient (Wildman–Crippen LogP) is 0.435. The van der Waals surface area contributed by atoms with E-state index in [4.69, 9.17) is 15.3 Å². The second-order valence-electron chi connectivity index (χ2n) is 3.81. The first-order valence-electron chi connectivity index (χ1n) is 5.31. The number of hydrogen-bond donors (Lipinski definition) is 2. The molecule has 0 radical (unpaired) electrons. The average molecular weight is 257 g/mol. The van der Waals surface area contributed by atoms with E-state index >= 15 is 0 Å². The highest BCUT2D eigenvalue weighted by Crippen LogP contribution is 2.26. The standard InChI is InChI=1S/C9H15N5O2S/c1-5(2)16-8-11-7(14-10)12-9(13-8)17-6-3-15-4-6/h5-6H,3-4,10H2,1-2H3,(H,11,12,13,14). The van der Waals surface area contributed by atoms with Gasteiger partial charge < -0.3 is 9.47 Å². The highest BCUT2D eigenvalue weighted by molar-refractivity contribution is 7.99. The topological polar surface area (TPSA) is 95.2 Å². The molecular formula is C9H15N5O2S. The summed E-state index contributed by atoms with van der Waals surface area (Å²) < 4.78 is 10.5. The van der Waals surface area contributed by atoms with Crippen LogP contribution in [0.5, 0.6) is 6.01 Å². The van der Waals surface area contributed by atoms with Gasteiger partial charge in [0.1, 0.15) is 0 Å². The van der Waals surface area contributed by atoms with Gasteiger partial charge in [-0.2, -0.15) is 15.0 Å². The van der Waals surface area contributed by atoms with Crippen LogP contribution in [0.15, 0.2) is 5.16 Å². The second-order valence-corrected chi connectivity index (χ2v) is 5.08. The van der Waals surface area contributed by atoms with Gasteiger partial charge in [-0.15, -0.1) is 0 Å². The Bertz CT molecular complexity index is 386. The number of hydrazine groups is 1. The second kappa shape index (κ2) is 5.48. The molecule has 17 heavy (non-hydrogen) atoms. The van der Waals surface area contributed by atoms with E-state index in [9.17, 15) is 0 Å². The summed E-state index contributed by atoms with van der Waals surface area (Å²) in [4.78, 5) is 12.4. The lowest BCUT2D eigenvalue weighted by Gasteiger charge is -2.24. The number of nitrogens with two attached hydrogens (primary N) is 1. The number of ether oxygens (including phenoxy) is 2. The zero-order chi connectivity index (χ0) is 12.3. The predicted molar refractivity (Wildman–Crippen MR) is 63.9 cm³/mol. The van der Waals surface area contributed by atoms with Crippen LogP contribution in [0.1, 0.15) is 13.8 Å². The number of aromatic nitrogens is 3. The summed E-state index contributed by atoms with van der Waals surface area (Å²) in [7, 11) is 0. The third kappa shape index (κ3) is 3.42. The molecule has 0 aromatic carbocycles. The molecule has 1 aromatic heterocycles. The van der Waals surface area contributed by atoms with Crippen LogP contribution in [0.4, 0.5) is 5.95 Å². The molecule has 1 aliphatic heterocycles. The van der Waals surface area contributed by atoms with E-state index in [1.165, 1.54) is 11.8 Å². The molecule has 2 rings (SSSR count). The highest BCUT2D eigenvalue weighted by atomic mass is 32.2. The molecule has 0 unspecified atom stereocenters. The van der Waals surface area contributed by atoms with E-state index in [0.29, 0.717) is 16.4 Å². The Kier molecular flexibility index (Phi) is 3.97. The molecular weight excluding hydrogens is 242 g/mol. The Balaban J connectivity index is 2.12. The molecule has 3 N–H and O–H groups in total. The van der Waals surface area contributed by atoms with Crippen molar-refractivity contribution < 1.29 is 9.47 Å². The Morgan fingerprint density at radius 3 is 2.71 bits per heavy atom. The Labute approximate surface area is 103 Å². The molecule has 2 heterocycles. The zero-order valence-corrected chi connectivity index (χ0v) is 10.5. The maximum Gasteiger partial charge on any atom is 0.322 e. The maximum atomic E-state index is 5.43. The Morgan fingerprint density at radius 2 is 2.18 bits per heavy atom. The molecule has 0 spiro atoms. The fraction of sp³-hybridized carbons (Fsp3) is 0.667. The zero-order valence-electron chi connectivity index (χ0n) is 9.71. The van der Waals surface area contributed by atoms with Gasteiger partial charge in [0.05, 0.1) is 24.6 Å². The van der Waals surface area contributed by atoms with Crippen molar-refractivity contribution in [3.63, 3.8) is 0 Å². The van der Waals surface area contributed by atoms with Crippen molar-refractivity contribution in [2.45, 2.75) is 30.4 Å². The van der Waals surface area contributed by atoms with Gasteiger partial charge in [-0.1, -0.05) is 11.8 Å². The summed E-state index contributed by atoms with van der Waals surface area (Å²) in [5, 5.41) is 0.992. The van der Waals surface area contributed by atoms with Gasteiger partial charge in [-0.25, -0.2) is 5.84 Å². The molecule has 0 saturated carbocycles. The number of hydrogen-bond acceptors (Lipinski definition) is 8. The van der Waals surface area contributed by atoms with E-state index in [-0.39, 0.29) is 12.1 Å². The van der Waals surface area contributed by atoms with E-state index in [2.05, 4.69) is 20.4 Å². The molecule has 0 bridgehead atoms. The molecule has 8 heteroatoms. The molecule has 7 nitrogen and oxygen atoms in total. The molecule has 0 aliphatic carbocycles. The minimum absolute atomic E-state index is 0.00732. The summed E-state index contributed by atoms with van der Waals surface area (Å²) >= 11 is 1.54. The molecule has 94 valence electrons. The van der Waals surface area contributed by atoms with Crippen LogP contribution in [-0.2, 0) is 4.74 Å². The van der Waals surface area contributed by atoms with Crippen molar-refractivity contribution in [3.8, 4) is 6.01 Å². The van der Waals surface area contributed by atoms with Crippen LogP contribution in [0.25, 0.3) is 0 Å². The van der Waals surface area contributed by atoms with E-state index in [1.54, 1.807) is 0 Å². The van der Waals surface area contributed by atoms with Gasteiger partial charge in [0, 0.05) is 0 Å². The molecule has 1 fully saturated rings. The van der Waals surface area contributed by atoms with Gasteiger partial charge in [0.2, 0.25) is 5.95 Å². The van der Waals surface area contributed by atoms with Crippen molar-refractivity contribution in [3.05, 3.63) is 0 Å². The van der Waals surface area contributed by atoms with Gasteiger partial charge >= 0.3 is 6.01 Å². The van der Waals surface area contributed by atoms with Gasteiger partial charge in [-0.05, 0) is 13.8 Å². The lowest BCUT2D eigenvalue weighted by atomic mass is 10.4. The first-order valence-corrected chi connectivity index (χ1v) is 6.19. The number of thioether (sulfide) groups is 1. The molecule has 0 amide bonds.